The van der Waals surface area contributed by atoms with Crippen molar-refractivity contribution < 1.29 is 9.18 Å². The Morgan fingerprint density at radius 1 is 1.47 bits per heavy atom. The molecule has 0 fully saturated rings. The van der Waals surface area contributed by atoms with Gasteiger partial charge in [0, 0.05) is 23.0 Å². The molecule has 2 nitrogen and oxygen atoms in total. The van der Waals surface area contributed by atoms with Crippen LogP contribution in [0.5, 0.6) is 0 Å². The smallest absolute Gasteiger partial charge is 0.224 e. The van der Waals surface area contributed by atoms with Gasteiger partial charge in [0.2, 0.25) is 5.91 Å². The minimum Gasteiger partial charge on any atom is -0.356 e. The highest BCUT2D eigenvalue weighted by atomic mass is 35.5. The van der Waals surface area contributed by atoms with Gasteiger partial charge >= 0.3 is 0 Å². The Labute approximate surface area is 123 Å². The molecule has 106 valence electrons. The van der Waals surface area contributed by atoms with E-state index in [-0.39, 0.29) is 22.9 Å². The third kappa shape index (κ3) is 5.37. The van der Waals surface area contributed by atoms with Crippen LogP contribution in [0.1, 0.15) is 25.3 Å². The molecule has 19 heavy (non-hydrogen) atoms. The fraction of sp³-hybridized carbons (Fsp3) is 0.500. The molecule has 1 unspecified atom stereocenters. The highest BCUT2D eigenvalue weighted by Gasteiger charge is 2.13. The van der Waals surface area contributed by atoms with Gasteiger partial charge in [-0.15, -0.1) is 11.6 Å². The number of benzene rings is 1. The molecule has 0 radical (unpaired) electrons. The first-order valence-corrected chi connectivity index (χ1v) is 7.25. The average Bonchev–Trinajstić information content (AvgIpc) is 2.39. The minimum absolute atomic E-state index is 0.0389. The summed E-state index contributed by atoms with van der Waals surface area (Å²) in [5.74, 6) is 0.265. The van der Waals surface area contributed by atoms with Crippen molar-refractivity contribution in [3.63, 3.8) is 0 Å². The molecule has 1 amide bonds. The second kappa shape index (κ2) is 8.39. The van der Waals surface area contributed by atoms with E-state index in [1.807, 2.05) is 0 Å². The zero-order valence-electron chi connectivity index (χ0n) is 10.9. The lowest BCUT2D eigenvalue weighted by Crippen LogP contribution is -2.30. The molecule has 0 aliphatic carbocycles. The summed E-state index contributed by atoms with van der Waals surface area (Å²) in [6.45, 7) is 2.62. The number of alkyl halides is 1. The third-order valence-electron chi connectivity index (χ3n) is 3.08. The molecule has 0 saturated carbocycles. The van der Waals surface area contributed by atoms with Gasteiger partial charge in [0.1, 0.15) is 5.82 Å². The first-order valence-electron chi connectivity index (χ1n) is 6.34. The van der Waals surface area contributed by atoms with Gasteiger partial charge in [0.05, 0.1) is 6.42 Å². The van der Waals surface area contributed by atoms with Crippen molar-refractivity contribution in [1.29, 1.82) is 0 Å². The predicted molar refractivity (Wildman–Crippen MR) is 77.2 cm³/mol. The molecule has 0 aromatic heterocycles. The molecule has 1 aromatic carbocycles. The van der Waals surface area contributed by atoms with Crippen LogP contribution in [0.25, 0.3) is 0 Å². The van der Waals surface area contributed by atoms with Gasteiger partial charge in [-0.25, -0.2) is 4.39 Å². The summed E-state index contributed by atoms with van der Waals surface area (Å²) in [6, 6.07) is 4.40. The van der Waals surface area contributed by atoms with E-state index >= 15 is 0 Å². The van der Waals surface area contributed by atoms with Crippen molar-refractivity contribution in [2.75, 3.05) is 12.4 Å². The molecule has 0 bridgehead atoms. The Balaban J connectivity index is 2.51. The van der Waals surface area contributed by atoms with Gasteiger partial charge in [-0.1, -0.05) is 31.0 Å². The maximum Gasteiger partial charge on any atom is 0.224 e. The van der Waals surface area contributed by atoms with Crippen LogP contribution in [0.3, 0.4) is 0 Å². The van der Waals surface area contributed by atoms with E-state index in [9.17, 15) is 9.18 Å². The zero-order chi connectivity index (χ0) is 14.3. The van der Waals surface area contributed by atoms with E-state index in [1.165, 1.54) is 12.1 Å². The van der Waals surface area contributed by atoms with Crippen molar-refractivity contribution in [1.82, 2.24) is 5.32 Å². The van der Waals surface area contributed by atoms with Crippen LogP contribution >= 0.6 is 23.2 Å². The second-order valence-corrected chi connectivity index (χ2v) is 5.22. The molecule has 0 saturated heterocycles. The number of nitrogens with one attached hydrogen (secondary N) is 1. The number of halogens is 3. The fourth-order valence-electron chi connectivity index (χ4n) is 1.79. The quantitative estimate of drug-likeness (QED) is 0.763. The van der Waals surface area contributed by atoms with E-state index in [1.54, 1.807) is 6.07 Å². The molecule has 5 heteroatoms. The van der Waals surface area contributed by atoms with Crippen LogP contribution in [-0.4, -0.2) is 18.3 Å². The highest BCUT2D eigenvalue weighted by Crippen LogP contribution is 2.19. The Morgan fingerprint density at radius 3 is 2.79 bits per heavy atom. The largest absolute Gasteiger partial charge is 0.356 e. The van der Waals surface area contributed by atoms with E-state index in [2.05, 4.69) is 12.2 Å². The lowest BCUT2D eigenvalue weighted by atomic mass is 10.0. The van der Waals surface area contributed by atoms with Crippen molar-refractivity contribution in [3.8, 4) is 0 Å². The topological polar surface area (TPSA) is 29.1 Å². The van der Waals surface area contributed by atoms with Gasteiger partial charge in [0.15, 0.2) is 0 Å². The lowest BCUT2D eigenvalue weighted by Gasteiger charge is -2.14. The predicted octanol–water partition coefficient (Wildman–Crippen LogP) is 3.79. The molecule has 0 aliphatic rings. The second-order valence-electron chi connectivity index (χ2n) is 4.43. The molecule has 1 atom stereocenters. The first kappa shape index (κ1) is 16.3. The van der Waals surface area contributed by atoms with Gasteiger partial charge < -0.3 is 5.32 Å². The summed E-state index contributed by atoms with van der Waals surface area (Å²) >= 11 is 11.6. The van der Waals surface area contributed by atoms with E-state index < -0.39 is 5.82 Å². The minimum atomic E-state index is -0.449. The number of carbonyl (C=O) groups is 1. The van der Waals surface area contributed by atoms with Gasteiger partial charge in [-0.3, -0.25) is 4.79 Å². The molecule has 0 spiro atoms. The maximum absolute atomic E-state index is 13.5. The monoisotopic (exact) mass is 305 g/mol. The van der Waals surface area contributed by atoms with Crippen LogP contribution in [0.15, 0.2) is 18.2 Å². The maximum atomic E-state index is 13.5. The summed E-state index contributed by atoms with van der Waals surface area (Å²) in [4.78, 5) is 11.8. The molecule has 1 rings (SSSR count). The molecule has 1 aromatic rings. The van der Waals surface area contributed by atoms with Crippen molar-refractivity contribution in [3.05, 3.63) is 34.6 Å². The van der Waals surface area contributed by atoms with E-state index in [4.69, 9.17) is 23.2 Å². The number of amides is 1. The molecule has 1 N–H and O–H groups in total. The zero-order valence-corrected chi connectivity index (χ0v) is 12.4. The summed E-state index contributed by atoms with van der Waals surface area (Å²) < 4.78 is 13.5. The van der Waals surface area contributed by atoms with E-state index in [0.29, 0.717) is 18.3 Å². The number of carbonyl (C=O) groups excluding carboxylic acids is 1. The first-order chi connectivity index (χ1) is 9.08. The summed E-state index contributed by atoms with van der Waals surface area (Å²) in [7, 11) is 0. The van der Waals surface area contributed by atoms with Gasteiger partial charge in [-0.2, -0.15) is 0 Å². The van der Waals surface area contributed by atoms with Crippen molar-refractivity contribution in [2.45, 2.75) is 26.2 Å². The fourth-order valence-corrected chi connectivity index (χ4v) is 2.33. The van der Waals surface area contributed by atoms with Gasteiger partial charge in [-0.05, 0) is 24.5 Å². The van der Waals surface area contributed by atoms with Crippen LogP contribution in [-0.2, 0) is 11.2 Å². The summed E-state index contributed by atoms with van der Waals surface area (Å²) in [5.41, 5.74) is 0.243. The van der Waals surface area contributed by atoms with E-state index in [0.717, 1.165) is 12.8 Å². The van der Waals surface area contributed by atoms with Crippen molar-refractivity contribution in [2.24, 2.45) is 5.92 Å². The van der Waals surface area contributed by atoms with Crippen LogP contribution in [0, 0.1) is 11.7 Å². The summed E-state index contributed by atoms with van der Waals surface area (Å²) in [5, 5.41) is 3.08. The standard InChI is InChI=1S/C14H18Cl2FNO/c1-2-10(6-7-15)9-18-14(19)8-11-12(16)4-3-5-13(11)17/h3-5,10H,2,6-9H2,1H3,(H,18,19). The number of rotatable bonds is 7. The normalized spacial score (nSPS) is 12.2. The number of hydrogen-bond acceptors (Lipinski definition) is 1. The third-order valence-corrected chi connectivity index (χ3v) is 3.65. The summed E-state index contributed by atoms with van der Waals surface area (Å²) in [6.07, 6.45) is 1.77. The Kier molecular flexibility index (Phi) is 7.17. The van der Waals surface area contributed by atoms with Crippen LogP contribution in [0.4, 0.5) is 4.39 Å². The molecule has 0 aliphatic heterocycles. The molecular formula is C14H18Cl2FNO. The SMILES string of the molecule is CCC(CCCl)CNC(=O)Cc1c(F)cccc1Cl. The Hall–Kier alpha value is -0.800. The van der Waals surface area contributed by atoms with Crippen LogP contribution in [0.2, 0.25) is 5.02 Å². The molecule has 0 heterocycles. The number of hydrogen-bond donors (Lipinski definition) is 1. The molecular weight excluding hydrogens is 288 g/mol. The van der Waals surface area contributed by atoms with Crippen LogP contribution < -0.4 is 5.32 Å². The average molecular weight is 306 g/mol. The Morgan fingerprint density at radius 2 is 2.21 bits per heavy atom. The van der Waals surface area contributed by atoms with Crippen molar-refractivity contribution >= 4 is 29.1 Å². The Bertz CT molecular complexity index is 406. The lowest BCUT2D eigenvalue weighted by molar-refractivity contribution is -0.120. The van der Waals surface area contributed by atoms with Gasteiger partial charge in [0.25, 0.3) is 0 Å². The highest BCUT2D eigenvalue weighted by molar-refractivity contribution is 6.31.